The van der Waals surface area contributed by atoms with Crippen LogP contribution >= 0.6 is 0 Å². The Morgan fingerprint density at radius 1 is 0.828 bits per heavy atom. The molecular formula is C21H17N7O. The minimum atomic E-state index is -0.0706. The molecule has 0 amide bonds. The van der Waals surface area contributed by atoms with E-state index in [1.54, 1.807) is 17.0 Å². The van der Waals surface area contributed by atoms with Crippen LogP contribution in [0, 0.1) is 11.8 Å². The topological polar surface area (TPSA) is 87.6 Å². The summed E-state index contributed by atoms with van der Waals surface area (Å²) in [4.78, 5) is 17.2. The van der Waals surface area contributed by atoms with Crippen LogP contribution in [-0.4, -0.2) is 33.7 Å². The largest absolute Gasteiger partial charge is 0.268 e. The molecule has 2 aromatic carbocycles. The lowest BCUT2D eigenvalue weighted by Gasteiger charge is -2.38. The third-order valence-electron chi connectivity index (χ3n) is 6.95. The molecule has 2 aliphatic heterocycles. The lowest BCUT2D eigenvalue weighted by Crippen LogP contribution is -2.52. The van der Waals surface area contributed by atoms with Crippen molar-refractivity contribution in [3.8, 4) is 5.69 Å². The Balaban J connectivity index is 1.23. The summed E-state index contributed by atoms with van der Waals surface area (Å²) in [6.07, 6.45) is 2.73. The lowest BCUT2D eigenvalue weighted by atomic mass is 9.82. The molecule has 7 rings (SSSR count). The molecule has 2 saturated carbocycles. The van der Waals surface area contributed by atoms with Gasteiger partial charge in [-0.05, 0) is 42.8 Å². The average molecular weight is 383 g/mol. The van der Waals surface area contributed by atoms with Gasteiger partial charge in [-0.2, -0.15) is 15.3 Å². The molecule has 1 aromatic heterocycles. The van der Waals surface area contributed by atoms with Crippen molar-refractivity contribution in [1.29, 1.82) is 0 Å². The zero-order valence-electron chi connectivity index (χ0n) is 15.4. The molecule has 8 nitrogen and oxygen atoms in total. The van der Waals surface area contributed by atoms with Gasteiger partial charge >= 0.3 is 0 Å². The van der Waals surface area contributed by atoms with Gasteiger partial charge in [0, 0.05) is 11.8 Å². The molecule has 0 N–H and O–H groups in total. The maximum Gasteiger partial charge on any atom is 0.265 e. The smallest absolute Gasteiger partial charge is 0.265 e. The first-order valence-electron chi connectivity index (χ1n) is 9.96. The maximum atomic E-state index is 12.8. The molecule has 4 aliphatic rings. The zero-order chi connectivity index (χ0) is 19.1. The van der Waals surface area contributed by atoms with Crippen molar-refractivity contribution in [2.75, 3.05) is 5.01 Å². The van der Waals surface area contributed by atoms with Gasteiger partial charge in [-0.25, -0.2) is 9.99 Å². The van der Waals surface area contributed by atoms with Crippen molar-refractivity contribution in [2.45, 2.75) is 30.6 Å². The lowest BCUT2D eigenvalue weighted by molar-refractivity contribution is 0.242. The number of nitrogens with zero attached hydrogens (tertiary/aromatic N) is 7. The Bertz CT molecular complexity index is 1260. The second kappa shape index (κ2) is 5.34. The van der Waals surface area contributed by atoms with Crippen LogP contribution in [0.3, 0.4) is 0 Å². The Labute approximate surface area is 165 Å². The summed E-state index contributed by atoms with van der Waals surface area (Å²) in [6.45, 7) is 0. The number of aromatic nitrogens is 2. The van der Waals surface area contributed by atoms with Gasteiger partial charge in [0.05, 0.1) is 28.3 Å². The van der Waals surface area contributed by atoms with Crippen LogP contribution in [-0.2, 0) is 0 Å². The van der Waals surface area contributed by atoms with E-state index in [1.807, 2.05) is 47.5 Å². The number of benzene rings is 2. The van der Waals surface area contributed by atoms with E-state index in [9.17, 15) is 4.79 Å². The van der Waals surface area contributed by atoms with E-state index in [0.717, 1.165) is 17.8 Å². The van der Waals surface area contributed by atoms with Crippen molar-refractivity contribution in [3.63, 3.8) is 0 Å². The summed E-state index contributed by atoms with van der Waals surface area (Å²) in [5.41, 5.74) is 2.41. The molecule has 142 valence electrons. The van der Waals surface area contributed by atoms with E-state index >= 15 is 0 Å². The number of rotatable bonds is 2. The molecule has 6 atom stereocenters. The first-order chi connectivity index (χ1) is 14.3. The molecule has 0 radical (unpaired) electrons. The van der Waals surface area contributed by atoms with Gasteiger partial charge in [0.2, 0.25) is 0 Å². The summed E-state index contributed by atoms with van der Waals surface area (Å²) in [5, 5.41) is 20.4. The molecular weight excluding hydrogens is 366 g/mol. The Kier molecular flexibility index (Phi) is 2.85. The van der Waals surface area contributed by atoms with Crippen molar-refractivity contribution < 1.29 is 0 Å². The molecule has 0 spiro atoms. The quantitative estimate of drug-likeness (QED) is 0.681. The molecule has 3 aromatic rings. The molecule has 8 heteroatoms. The molecule has 0 saturated heterocycles. The van der Waals surface area contributed by atoms with Crippen LogP contribution in [0.4, 0.5) is 5.69 Å². The molecule has 3 heterocycles. The van der Waals surface area contributed by atoms with E-state index in [0.29, 0.717) is 34.8 Å². The van der Waals surface area contributed by atoms with E-state index in [2.05, 4.69) is 25.5 Å². The van der Waals surface area contributed by atoms with Gasteiger partial charge < -0.3 is 0 Å². The summed E-state index contributed by atoms with van der Waals surface area (Å²) in [6, 6.07) is 16.5. The van der Waals surface area contributed by atoms with Gasteiger partial charge in [0.25, 0.3) is 5.56 Å². The molecule has 2 bridgehead atoms. The van der Waals surface area contributed by atoms with Crippen molar-refractivity contribution in [2.24, 2.45) is 32.4 Å². The average Bonchev–Trinajstić information content (AvgIpc) is 3.37. The number of para-hydroxylation sites is 1. The number of azo groups is 1. The second-order valence-corrected chi connectivity index (χ2v) is 8.26. The summed E-state index contributed by atoms with van der Waals surface area (Å²) < 4.78 is 1.58. The highest BCUT2D eigenvalue weighted by molar-refractivity contribution is 5.77. The SMILES string of the molecule is O=c1c2ccccc2ncn1-c1ccc(N2N=N[C@H]3[C@H]4C[C@H]([C@@H]5N=N[C@H]45)[C@H]32)cc1. The minimum Gasteiger partial charge on any atom is -0.268 e. The van der Waals surface area contributed by atoms with Gasteiger partial charge in [0.15, 0.2) is 0 Å². The fourth-order valence-electron chi connectivity index (χ4n) is 5.58. The van der Waals surface area contributed by atoms with Crippen molar-refractivity contribution in [1.82, 2.24) is 9.55 Å². The summed E-state index contributed by atoms with van der Waals surface area (Å²) in [7, 11) is 0. The standard InChI is InChI=1S/C21H17N7O/c29-21-13-3-1-2-4-16(13)22-10-27(21)11-5-7-12(8-6-11)28-20-15-9-14(19(20)25-26-28)17-18(15)24-23-17/h1-8,10,14-15,17-20H,9H2/t14-,15+,17+,18-,19-,20+/m0/s1. The van der Waals surface area contributed by atoms with Crippen LogP contribution in [0.15, 0.2) is 80.2 Å². The van der Waals surface area contributed by atoms with Gasteiger partial charge in [-0.15, -0.1) is 0 Å². The fraction of sp³-hybridized carbons (Fsp3) is 0.333. The van der Waals surface area contributed by atoms with Crippen LogP contribution in [0.25, 0.3) is 16.6 Å². The summed E-state index contributed by atoms with van der Waals surface area (Å²) >= 11 is 0. The third kappa shape index (κ3) is 1.93. The second-order valence-electron chi connectivity index (χ2n) is 8.26. The van der Waals surface area contributed by atoms with Crippen LogP contribution < -0.4 is 10.6 Å². The third-order valence-corrected chi connectivity index (χ3v) is 6.95. The first kappa shape index (κ1) is 15.5. The van der Waals surface area contributed by atoms with Crippen LogP contribution in [0.1, 0.15) is 6.42 Å². The molecule has 2 fully saturated rings. The number of hydrogen-bond acceptors (Lipinski definition) is 7. The summed E-state index contributed by atoms with van der Waals surface area (Å²) in [5.74, 6) is 0.970. The van der Waals surface area contributed by atoms with Gasteiger partial charge in [-0.3, -0.25) is 9.36 Å². The molecule has 0 unspecified atom stereocenters. The Hall–Kier alpha value is -3.42. The van der Waals surface area contributed by atoms with E-state index in [1.165, 1.54) is 0 Å². The molecule has 2 aliphatic carbocycles. The number of anilines is 1. The first-order valence-corrected chi connectivity index (χ1v) is 9.96. The predicted octanol–water partition coefficient (Wildman–Crippen LogP) is 3.16. The zero-order valence-corrected chi connectivity index (χ0v) is 15.4. The van der Waals surface area contributed by atoms with Crippen LogP contribution in [0.5, 0.6) is 0 Å². The number of fused-ring (bicyclic) bond motifs is 9. The normalized spacial score (nSPS) is 33.2. The Morgan fingerprint density at radius 2 is 1.59 bits per heavy atom. The highest BCUT2D eigenvalue weighted by Crippen LogP contribution is 2.56. The van der Waals surface area contributed by atoms with Crippen LogP contribution in [0.2, 0.25) is 0 Å². The van der Waals surface area contributed by atoms with Crippen molar-refractivity contribution >= 4 is 16.6 Å². The van der Waals surface area contributed by atoms with Gasteiger partial charge in [-0.1, -0.05) is 17.4 Å². The van der Waals surface area contributed by atoms with E-state index < -0.39 is 0 Å². The van der Waals surface area contributed by atoms with Gasteiger partial charge in [0.1, 0.15) is 24.5 Å². The highest BCUT2D eigenvalue weighted by atomic mass is 16.1. The monoisotopic (exact) mass is 383 g/mol. The maximum absolute atomic E-state index is 12.8. The van der Waals surface area contributed by atoms with Crippen molar-refractivity contribution in [3.05, 3.63) is 65.2 Å². The molecule has 29 heavy (non-hydrogen) atoms. The minimum absolute atomic E-state index is 0.0706. The van der Waals surface area contributed by atoms with E-state index in [-0.39, 0.29) is 17.6 Å². The van der Waals surface area contributed by atoms with E-state index in [4.69, 9.17) is 0 Å². The highest BCUT2D eigenvalue weighted by Gasteiger charge is 2.65. The fourth-order valence-corrected chi connectivity index (χ4v) is 5.58. The number of hydrogen-bond donors (Lipinski definition) is 0. The predicted molar refractivity (Wildman–Crippen MR) is 106 cm³/mol. The Morgan fingerprint density at radius 3 is 2.41 bits per heavy atom.